The molecule has 0 amide bonds. The van der Waals surface area contributed by atoms with Crippen LogP contribution >= 0.6 is 0 Å². The molecular weight excluding hydrogens is 304 g/mol. The lowest BCUT2D eigenvalue weighted by Crippen LogP contribution is -2.20. The number of aromatic amines is 1. The fourth-order valence-corrected chi connectivity index (χ4v) is 3.39. The van der Waals surface area contributed by atoms with Crippen molar-refractivity contribution in [3.8, 4) is 5.95 Å². The number of fused-ring (bicyclic) bond motifs is 2. The summed E-state index contributed by atoms with van der Waals surface area (Å²) in [4.78, 5) is 20.3. The molecule has 0 spiro atoms. The second-order valence-corrected chi connectivity index (χ2v) is 6.04. The Morgan fingerprint density at radius 2 is 2.08 bits per heavy atom. The maximum Gasteiger partial charge on any atom is 0.229 e. The third-order valence-corrected chi connectivity index (χ3v) is 4.56. The summed E-state index contributed by atoms with van der Waals surface area (Å²) in [6, 6.07) is 11.6. The lowest BCUT2D eigenvalue weighted by Gasteiger charge is -2.20. The summed E-state index contributed by atoms with van der Waals surface area (Å²) in [5, 5.41) is 4.40. The van der Waals surface area contributed by atoms with Crippen LogP contribution in [-0.4, -0.2) is 25.5 Å². The number of carbonyl (C=O) groups excluding carboxylic acids is 1. The first kappa shape index (κ1) is 13.3. The van der Waals surface area contributed by atoms with Crippen LogP contribution in [0.25, 0.3) is 17.0 Å². The normalized spacial score (nSPS) is 17.3. The SMILES string of the molecule is O=C1CC(c2ccco2)Cc2c1cnn2-c1nc2ccccc2[nH]1. The van der Waals surface area contributed by atoms with Crippen LogP contribution in [0, 0.1) is 0 Å². The Labute approximate surface area is 137 Å². The Balaban J connectivity index is 1.61. The summed E-state index contributed by atoms with van der Waals surface area (Å²) in [7, 11) is 0. The van der Waals surface area contributed by atoms with E-state index in [1.807, 2.05) is 36.4 Å². The maximum atomic E-state index is 12.5. The summed E-state index contributed by atoms with van der Waals surface area (Å²) < 4.78 is 7.24. The third kappa shape index (κ3) is 1.93. The first-order valence-corrected chi connectivity index (χ1v) is 7.88. The van der Waals surface area contributed by atoms with Crippen LogP contribution in [0.4, 0.5) is 0 Å². The molecule has 1 unspecified atom stereocenters. The number of para-hydroxylation sites is 2. The third-order valence-electron chi connectivity index (χ3n) is 4.56. The standard InChI is InChI=1S/C18H14N4O2/c23-16-9-11(17-6-3-7-24-17)8-15-12(16)10-19-22(15)18-20-13-4-1-2-5-14(13)21-18/h1-7,10-11H,8-9H2,(H,20,21). The quantitative estimate of drug-likeness (QED) is 0.615. The van der Waals surface area contributed by atoms with Gasteiger partial charge in [0.25, 0.3) is 0 Å². The molecule has 0 aliphatic heterocycles. The van der Waals surface area contributed by atoms with Crippen molar-refractivity contribution in [3.05, 3.63) is 65.9 Å². The van der Waals surface area contributed by atoms with Gasteiger partial charge in [0.1, 0.15) is 5.76 Å². The summed E-state index contributed by atoms with van der Waals surface area (Å²) in [6.45, 7) is 0. The van der Waals surface area contributed by atoms with Gasteiger partial charge in [0.15, 0.2) is 5.78 Å². The number of furan rings is 1. The predicted molar refractivity (Wildman–Crippen MR) is 87.3 cm³/mol. The minimum Gasteiger partial charge on any atom is -0.469 e. The number of hydrogen-bond donors (Lipinski definition) is 1. The highest BCUT2D eigenvalue weighted by molar-refractivity contribution is 5.98. The van der Waals surface area contributed by atoms with Gasteiger partial charge in [0.2, 0.25) is 5.95 Å². The number of carbonyl (C=O) groups is 1. The molecule has 3 aromatic heterocycles. The van der Waals surface area contributed by atoms with E-state index in [-0.39, 0.29) is 11.7 Å². The zero-order valence-corrected chi connectivity index (χ0v) is 12.8. The number of ketones is 1. The molecule has 0 saturated carbocycles. The molecule has 0 saturated heterocycles. The largest absolute Gasteiger partial charge is 0.469 e. The molecule has 118 valence electrons. The number of Topliss-reactive ketones (excluding diaryl/α,β-unsaturated/α-hetero) is 1. The van der Waals surface area contributed by atoms with Gasteiger partial charge in [-0.2, -0.15) is 5.10 Å². The van der Waals surface area contributed by atoms with Gasteiger partial charge in [-0.1, -0.05) is 12.1 Å². The molecule has 1 atom stereocenters. The van der Waals surface area contributed by atoms with Gasteiger partial charge in [-0.25, -0.2) is 9.67 Å². The molecule has 0 fully saturated rings. The number of H-pyrrole nitrogens is 1. The Hall–Kier alpha value is -3.15. The molecule has 24 heavy (non-hydrogen) atoms. The molecule has 0 bridgehead atoms. The number of hydrogen-bond acceptors (Lipinski definition) is 4. The van der Waals surface area contributed by atoms with E-state index in [4.69, 9.17) is 4.42 Å². The van der Waals surface area contributed by atoms with Crippen molar-refractivity contribution in [1.29, 1.82) is 0 Å². The van der Waals surface area contributed by atoms with Crippen LogP contribution in [0.2, 0.25) is 0 Å². The van der Waals surface area contributed by atoms with Gasteiger partial charge in [0.05, 0.1) is 34.8 Å². The Morgan fingerprint density at radius 3 is 2.92 bits per heavy atom. The van der Waals surface area contributed by atoms with Crippen molar-refractivity contribution in [2.24, 2.45) is 0 Å². The van der Waals surface area contributed by atoms with Gasteiger partial charge in [-0.15, -0.1) is 0 Å². The second kappa shape index (κ2) is 4.92. The van der Waals surface area contributed by atoms with Gasteiger partial charge in [-0.3, -0.25) is 4.79 Å². The van der Waals surface area contributed by atoms with Crippen molar-refractivity contribution in [2.75, 3.05) is 0 Å². The van der Waals surface area contributed by atoms with Crippen molar-refractivity contribution in [1.82, 2.24) is 19.7 Å². The van der Waals surface area contributed by atoms with Crippen molar-refractivity contribution >= 4 is 16.8 Å². The highest BCUT2D eigenvalue weighted by Crippen LogP contribution is 2.33. The summed E-state index contributed by atoms with van der Waals surface area (Å²) in [5.41, 5.74) is 3.38. The van der Waals surface area contributed by atoms with Crippen molar-refractivity contribution in [3.63, 3.8) is 0 Å². The van der Waals surface area contributed by atoms with Crippen molar-refractivity contribution in [2.45, 2.75) is 18.8 Å². The fraction of sp³-hybridized carbons (Fsp3) is 0.167. The smallest absolute Gasteiger partial charge is 0.229 e. The van der Waals surface area contributed by atoms with Crippen molar-refractivity contribution < 1.29 is 9.21 Å². The van der Waals surface area contributed by atoms with Gasteiger partial charge in [0, 0.05) is 18.8 Å². The van der Waals surface area contributed by atoms with Crippen LogP contribution in [-0.2, 0) is 6.42 Å². The molecule has 1 aliphatic carbocycles. The zero-order chi connectivity index (χ0) is 16.1. The molecule has 0 radical (unpaired) electrons. The first-order valence-electron chi connectivity index (χ1n) is 7.88. The van der Waals surface area contributed by atoms with E-state index in [2.05, 4.69) is 15.1 Å². The molecule has 4 aromatic rings. The highest BCUT2D eigenvalue weighted by atomic mass is 16.3. The lowest BCUT2D eigenvalue weighted by atomic mass is 9.85. The number of imidazole rings is 1. The average Bonchev–Trinajstić information content (AvgIpc) is 3.32. The van der Waals surface area contributed by atoms with E-state index in [1.54, 1.807) is 17.1 Å². The molecule has 6 heteroatoms. The topological polar surface area (TPSA) is 76.7 Å². The zero-order valence-electron chi connectivity index (χ0n) is 12.8. The Kier molecular flexibility index (Phi) is 2.73. The predicted octanol–water partition coefficient (Wildman–Crippen LogP) is 3.25. The van der Waals surface area contributed by atoms with E-state index in [0.717, 1.165) is 22.5 Å². The van der Waals surface area contributed by atoms with E-state index >= 15 is 0 Å². The molecule has 1 N–H and O–H groups in total. The minimum absolute atomic E-state index is 0.0415. The number of rotatable bonds is 2. The number of aromatic nitrogens is 4. The molecule has 6 nitrogen and oxygen atoms in total. The maximum absolute atomic E-state index is 12.5. The number of nitrogens with one attached hydrogen (secondary N) is 1. The monoisotopic (exact) mass is 318 g/mol. The Bertz CT molecular complexity index is 1010. The van der Waals surface area contributed by atoms with Gasteiger partial charge >= 0.3 is 0 Å². The molecule has 1 aromatic carbocycles. The van der Waals surface area contributed by atoms with Gasteiger partial charge in [-0.05, 0) is 24.3 Å². The van der Waals surface area contributed by atoms with Crippen LogP contribution in [0.1, 0.15) is 34.2 Å². The number of nitrogens with zero attached hydrogens (tertiary/aromatic N) is 3. The summed E-state index contributed by atoms with van der Waals surface area (Å²) in [5.74, 6) is 1.61. The number of benzene rings is 1. The fourth-order valence-electron chi connectivity index (χ4n) is 3.39. The Morgan fingerprint density at radius 1 is 1.17 bits per heavy atom. The van der Waals surface area contributed by atoms with E-state index in [0.29, 0.717) is 24.4 Å². The summed E-state index contributed by atoms with van der Waals surface area (Å²) >= 11 is 0. The minimum atomic E-state index is 0.0415. The van der Waals surface area contributed by atoms with Crippen LogP contribution in [0.5, 0.6) is 0 Å². The molecular formula is C18H14N4O2. The van der Waals surface area contributed by atoms with Crippen LogP contribution in [0.3, 0.4) is 0 Å². The second-order valence-electron chi connectivity index (χ2n) is 6.04. The van der Waals surface area contributed by atoms with E-state index in [9.17, 15) is 4.79 Å². The highest BCUT2D eigenvalue weighted by Gasteiger charge is 2.31. The van der Waals surface area contributed by atoms with E-state index < -0.39 is 0 Å². The van der Waals surface area contributed by atoms with Crippen LogP contribution in [0.15, 0.2) is 53.3 Å². The average molecular weight is 318 g/mol. The molecule has 5 rings (SSSR count). The summed E-state index contributed by atoms with van der Waals surface area (Å²) in [6.07, 6.45) is 4.44. The molecule has 1 aliphatic rings. The van der Waals surface area contributed by atoms with E-state index in [1.165, 1.54) is 0 Å². The van der Waals surface area contributed by atoms with Crippen LogP contribution < -0.4 is 0 Å². The molecule has 3 heterocycles. The first-order chi connectivity index (χ1) is 11.8. The lowest BCUT2D eigenvalue weighted by molar-refractivity contribution is 0.0959. The van der Waals surface area contributed by atoms with Gasteiger partial charge < -0.3 is 9.40 Å².